The van der Waals surface area contributed by atoms with Crippen molar-refractivity contribution in [3.8, 4) is 28.0 Å². The van der Waals surface area contributed by atoms with Gasteiger partial charge in [-0.25, -0.2) is 24.5 Å². The standard InChI is InChI=1S/C38H40N8O4/c1-38(2,3)35(22-49-37(39)48)50-31-7-5-6-24(11-31)10-30(21-47)46-28-14-29(46)20-45(19-28)36-9-8-25(15-41-36)32-12-26(27-16-43-44(4)18-27)13-34-33(32)17-40-23-42-34/h5-9,11-13,15-18,23,28-29,35H,10,14,19-20,22H2,1-4H3,(H2,39,48). The third-order valence-corrected chi connectivity index (χ3v) is 9.56. The largest absolute Gasteiger partial charge is 0.486 e. The van der Waals surface area contributed by atoms with E-state index in [0.717, 1.165) is 64.0 Å². The smallest absolute Gasteiger partial charge is 0.404 e. The number of ether oxygens (including phenoxy) is 2. The number of pyridine rings is 1. The number of amides is 1. The molecule has 3 unspecified atom stereocenters. The summed E-state index contributed by atoms with van der Waals surface area (Å²) in [6, 6.07) is 16.4. The van der Waals surface area contributed by atoms with Crippen LogP contribution >= 0.6 is 0 Å². The molecule has 1 amide bonds. The highest BCUT2D eigenvalue weighted by molar-refractivity contribution is 5.97. The molecule has 3 atom stereocenters. The van der Waals surface area contributed by atoms with Gasteiger partial charge in [-0.05, 0) is 59.5 Å². The number of hydrogen-bond acceptors (Lipinski definition) is 10. The Balaban J connectivity index is 1.03. The second-order valence-corrected chi connectivity index (χ2v) is 14.1. The summed E-state index contributed by atoms with van der Waals surface area (Å²) in [6.45, 7) is 7.59. The molecule has 6 heterocycles. The highest BCUT2D eigenvalue weighted by Gasteiger charge is 2.46. The first-order valence-corrected chi connectivity index (χ1v) is 16.7. The molecule has 2 aromatic carbocycles. The summed E-state index contributed by atoms with van der Waals surface area (Å²) in [5.74, 6) is 3.78. The van der Waals surface area contributed by atoms with Crippen LogP contribution in [0.25, 0.3) is 33.2 Å². The first-order valence-electron chi connectivity index (χ1n) is 16.7. The lowest BCUT2D eigenvalue weighted by molar-refractivity contribution is 0.0238. The lowest BCUT2D eigenvalue weighted by Gasteiger charge is -2.57. The predicted molar refractivity (Wildman–Crippen MR) is 190 cm³/mol. The molecule has 3 aliphatic rings. The zero-order valence-electron chi connectivity index (χ0n) is 28.6. The van der Waals surface area contributed by atoms with Gasteiger partial charge in [0.15, 0.2) is 0 Å². The van der Waals surface area contributed by atoms with Crippen LogP contribution in [0.15, 0.2) is 85.3 Å². The Kier molecular flexibility index (Phi) is 8.71. The summed E-state index contributed by atoms with van der Waals surface area (Å²) >= 11 is 0. The van der Waals surface area contributed by atoms with Crippen LogP contribution in [0.2, 0.25) is 0 Å². The molecule has 2 N–H and O–H groups in total. The van der Waals surface area contributed by atoms with Gasteiger partial charge >= 0.3 is 6.09 Å². The topological polar surface area (TPSA) is 142 Å². The quantitative estimate of drug-likeness (QED) is 0.197. The number of aromatic nitrogens is 5. The number of nitrogens with two attached hydrogens (primary N) is 1. The number of hydrogen-bond donors (Lipinski definition) is 1. The second kappa shape index (κ2) is 13.3. The number of allylic oxidation sites excluding steroid dienone is 1. The number of piperazine rings is 1. The molecule has 5 aromatic rings. The molecule has 3 fully saturated rings. The van der Waals surface area contributed by atoms with Crippen LogP contribution in [-0.2, 0) is 23.0 Å². The number of aryl methyl sites for hydroxylation is 1. The number of anilines is 1. The van der Waals surface area contributed by atoms with Crippen molar-refractivity contribution in [2.24, 2.45) is 18.2 Å². The monoisotopic (exact) mass is 672 g/mol. The van der Waals surface area contributed by atoms with Crippen LogP contribution in [0.5, 0.6) is 5.75 Å². The van der Waals surface area contributed by atoms with E-state index < -0.39 is 12.2 Å². The minimum Gasteiger partial charge on any atom is -0.486 e. The minimum absolute atomic E-state index is 0.0407. The number of primary amides is 1. The van der Waals surface area contributed by atoms with Gasteiger partial charge < -0.3 is 25.0 Å². The van der Waals surface area contributed by atoms with Gasteiger partial charge in [-0.15, -0.1) is 0 Å². The molecule has 0 radical (unpaired) electrons. The third-order valence-electron chi connectivity index (χ3n) is 9.56. The number of rotatable bonds is 10. The van der Waals surface area contributed by atoms with E-state index in [1.165, 1.54) is 0 Å². The highest BCUT2D eigenvalue weighted by atomic mass is 16.6. The van der Waals surface area contributed by atoms with E-state index in [1.807, 2.05) is 76.9 Å². The fraction of sp³-hybridized carbons (Fsp3) is 0.342. The van der Waals surface area contributed by atoms with Gasteiger partial charge in [-0.1, -0.05) is 32.9 Å². The first-order chi connectivity index (χ1) is 24.1. The summed E-state index contributed by atoms with van der Waals surface area (Å²) in [5, 5.41) is 5.30. The van der Waals surface area contributed by atoms with Gasteiger partial charge in [0.25, 0.3) is 0 Å². The van der Waals surface area contributed by atoms with Gasteiger partial charge in [0, 0.05) is 79.2 Å². The molecular formula is C38H40N8O4. The zero-order chi connectivity index (χ0) is 35.0. The zero-order valence-corrected chi connectivity index (χ0v) is 28.6. The Morgan fingerprint density at radius 1 is 1.02 bits per heavy atom. The van der Waals surface area contributed by atoms with Crippen LogP contribution in [0.1, 0.15) is 32.8 Å². The number of nitrogens with zero attached hydrogens (tertiary/aromatic N) is 7. The molecule has 0 aliphatic carbocycles. The summed E-state index contributed by atoms with van der Waals surface area (Å²) in [4.78, 5) is 41.8. The van der Waals surface area contributed by atoms with Gasteiger partial charge in [0.1, 0.15) is 42.2 Å². The molecular weight excluding hydrogens is 632 g/mol. The van der Waals surface area contributed by atoms with E-state index in [-0.39, 0.29) is 24.1 Å². The maximum atomic E-state index is 12.3. The summed E-state index contributed by atoms with van der Waals surface area (Å²) in [7, 11) is 1.90. The number of benzene rings is 2. The van der Waals surface area contributed by atoms with Gasteiger partial charge in [-0.2, -0.15) is 5.10 Å². The van der Waals surface area contributed by atoms with Crippen LogP contribution in [0, 0.1) is 5.41 Å². The van der Waals surface area contributed by atoms with Gasteiger partial charge in [0.05, 0.1) is 11.7 Å². The van der Waals surface area contributed by atoms with Crippen LogP contribution in [0.4, 0.5) is 10.6 Å². The Hall–Kier alpha value is -5.74. The average molecular weight is 673 g/mol. The van der Waals surface area contributed by atoms with Crippen molar-refractivity contribution in [1.82, 2.24) is 29.6 Å². The highest BCUT2D eigenvalue weighted by Crippen LogP contribution is 2.39. The van der Waals surface area contributed by atoms with Crippen molar-refractivity contribution in [2.75, 3.05) is 24.6 Å². The molecule has 0 saturated carbocycles. The molecule has 0 spiro atoms. The molecule has 256 valence electrons. The number of carbonyl (C=O) groups excluding carboxylic acids is 2. The third kappa shape index (κ3) is 6.75. The van der Waals surface area contributed by atoms with Crippen LogP contribution < -0.4 is 15.4 Å². The van der Waals surface area contributed by atoms with Gasteiger partial charge in [0.2, 0.25) is 0 Å². The Morgan fingerprint density at radius 2 is 1.84 bits per heavy atom. The number of carbonyl (C=O) groups is 1. The number of fused-ring (bicyclic) bond motifs is 3. The molecule has 2 bridgehead atoms. The van der Waals surface area contributed by atoms with Crippen molar-refractivity contribution in [1.29, 1.82) is 0 Å². The van der Waals surface area contributed by atoms with Crippen molar-refractivity contribution in [3.63, 3.8) is 0 Å². The Labute approximate surface area is 290 Å². The second-order valence-electron chi connectivity index (χ2n) is 14.1. The van der Waals surface area contributed by atoms with Crippen LogP contribution in [0.3, 0.4) is 0 Å². The van der Waals surface area contributed by atoms with Crippen molar-refractivity contribution < 1.29 is 19.1 Å². The Morgan fingerprint density at radius 3 is 2.52 bits per heavy atom. The molecule has 12 heteroatoms. The van der Waals surface area contributed by atoms with E-state index in [2.05, 4.69) is 55.1 Å². The molecule has 3 aromatic heterocycles. The summed E-state index contributed by atoms with van der Waals surface area (Å²) < 4.78 is 13.1. The summed E-state index contributed by atoms with van der Waals surface area (Å²) in [5.41, 5.74) is 11.4. The molecule has 3 saturated heterocycles. The fourth-order valence-electron chi connectivity index (χ4n) is 6.91. The van der Waals surface area contributed by atoms with Gasteiger partial charge in [-0.3, -0.25) is 4.68 Å². The van der Waals surface area contributed by atoms with Crippen molar-refractivity contribution in [2.45, 2.75) is 51.8 Å². The van der Waals surface area contributed by atoms with E-state index in [1.54, 1.807) is 11.0 Å². The molecule has 12 nitrogen and oxygen atoms in total. The maximum Gasteiger partial charge on any atom is 0.404 e. The maximum absolute atomic E-state index is 12.3. The number of piperidine rings is 1. The SMILES string of the molecule is Cn1cc(-c2cc(-c3ccc(N4CC5CC(C4)N5C(=C=O)Cc4cccc(OC(COC(N)=O)C(C)(C)C)c4)nc3)c3cncnc3c2)cn1. The molecule has 8 rings (SSSR count). The van der Waals surface area contributed by atoms with E-state index >= 15 is 0 Å². The molecule has 3 aliphatic heterocycles. The normalized spacial score (nSPS) is 17.5. The minimum atomic E-state index is -0.837. The summed E-state index contributed by atoms with van der Waals surface area (Å²) in [6.07, 6.45) is 9.38. The lowest BCUT2D eigenvalue weighted by Crippen LogP contribution is -2.68. The van der Waals surface area contributed by atoms with Crippen molar-refractivity contribution >= 4 is 28.8 Å². The molecule has 50 heavy (non-hydrogen) atoms. The van der Waals surface area contributed by atoms with Crippen LogP contribution in [-0.4, -0.2) is 79.6 Å². The lowest BCUT2D eigenvalue weighted by atomic mass is 9.85. The van der Waals surface area contributed by atoms with E-state index in [0.29, 0.717) is 17.9 Å². The van der Waals surface area contributed by atoms with E-state index in [4.69, 9.17) is 20.2 Å². The van der Waals surface area contributed by atoms with E-state index in [9.17, 15) is 9.59 Å². The predicted octanol–water partition coefficient (Wildman–Crippen LogP) is 5.20. The first kappa shape index (κ1) is 32.8. The average Bonchev–Trinajstić information content (AvgIpc) is 3.55. The Bertz CT molecular complexity index is 2070. The van der Waals surface area contributed by atoms with Crippen molar-refractivity contribution in [3.05, 3.63) is 90.9 Å². The fourth-order valence-corrected chi connectivity index (χ4v) is 6.91.